The topological polar surface area (TPSA) is 122 Å². The number of ether oxygens (including phenoxy) is 1. The minimum atomic E-state index is -1.11. The summed E-state index contributed by atoms with van der Waals surface area (Å²) in [7, 11) is 0. The monoisotopic (exact) mass is 553 g/mol. The highest BCUT2D eigenvalue weighted by molar-refractivity contribution is 9.10. The molecule has 3 aromatic carbocycles. The summed E-state index contributed by atoms with van der Waals surface area (Å²) in [6.07, 6.45) is -1.11. The number of nitro groups is 1. The highest BCUT2D eigenvalue weighted by Gasteiger charge is 2.60. The van der Waals surface area contributed by atoms with Crippen LogP contribution in [0.25, 0.3) is 0 Å². The summed E-state index contributed by atoms with van der Waals surface area (Å²) in [4.78, 5) is 44.7. The molecule has 3 atom stereocenters. The van der Waals surface area contributed by atoms with Gasteiger partial charge in [-0.2, -0.15) is 0 Å². The van der Waals surface area contributed by atoms with Gasteiger partial charge in [0.15, 0.2) is 17.6 Å². The zero-order chi connectivity index (χ0) is 25.6. The summed E-state index contributed by atoms with van der Waals surface area (Å²) in [5.74, 6) is -1.83. The molecular weight excluding hydrogens is 534 g/mol. The van der Waals surface area contributed by atoms with Gasteiger partial charge in [0.2, 0.25) is 5.91 Å². The number of aromatic hydroxyl groups is 1. The molecular formula is C25H20BrN3O7. The maximum Gasteiger partial charge on any atom is 0.269 e. The molecule has 0 aliphatic carbocycles. The fourth-order valence-electron chi connectivity index (χ4n) is 4.56. The first-order chi connectivity index (χ1) is 17.3. The van der Waals surface area contributed by atoms with Gasteiger partial charge in [-0.05, 0) is 64.8 Å². The molecule has 2 amide bonds. The van der Waals surface area contributed by atoms with E-state index in [1.165, 1.54) is 29.3 Å². The molecule has 0 bridgehead atoms. The second-order valence-corrected chi connectivity index (χ2v) is 9.08. The zero-order valence-corrected chi connectivity index (χ0v) is 20.5. The number of phenols is 1. The molecule has 2 aliphatic rings. The van der Waals surface area contributed by atoms with E-state index in [2.05, 4.69) is 15.9 Å². The lowest BCUT2D eigenvalue weighted by Crippen LogP contribution is -2.37. The molecule has 0 radical (unpaired) electrons. The van der Waals surface area contributed by atoms with Crippen LogP contribution in [0.5, 0.6) is 11.5 Å². The molecule has 1 N–H and O–H groups in total. The van der Waals surface area contributed by atoms with Gasteiger partial charge >= 0.3 is 0 Å². The fraction of sp³-hybridized carbons (Fsp3) is 0.200. The van der Waals surface area contributed by atoms with E-state index in [0.29, 0.717) is 22.3 Å². The Bertz CT molecular complexity index is 1350. The number of carbonyl (C=O) groups excluding carboxylic acids is 2. The lowest BCUT2D eigenvalue weighted by molar-refractivity contribution is -0.384. The third kappa shape index (κ3) is 3.86. The lowest BCUT2D eigenvalue weighted by atomic mass is 9.90. The van der Waals surface area contributed by atoms with Crippen molar-refractivity contribution in [3.63, 3.8) is 0 Å². The van der Waals surface area contributed by atoms with E-state index in [9.17, 15) is 24.8 Å². The minimum Gasteiger partial charge on any atom is -0.503 e. The van der Waals surface area contributed by atoms with Crippen molar-refractivity contribution in [1.29, 1.82) is 0 Å². The molecule has 3 aromatic rings. The van der Waals surface area contributed by atoms with Crippen LogP contribution in [-0.4, -0.2) is 34.6 Å². The number of non-ortho nitro benzene ring substituents is 1. The Labute approximate surface area is 213 Å². The second kappa shape index (κ2) is 9.25. The Balaban J connectivity index is 1.59. The first-order valence-electron chi connectivity index (χ1n) is 11.1. The summed E-state index contributed by atoms with van der Waals surface area (Å²) in [5, 5.41) is 23.0. The summed E-state index contributed by atoms with van der Waals surface area (Å²) < 4.78 is 5.95. The number of hydroxylamine groups is 1. The van der Waals surface area contributed by atoms with Crippen molar-refractivity contribution < 1.29 is 29.2 Å². The number of phenolic OH excluding ortho intramolecular Hbond substituents is 1. The molecule has 184 valence electrons. The lowest BCUT2D eigenvalue weighted by Gasteiger charge is -2.29. The van der Waals surface area contributed by atoms with Gasteiger partial charge in [0.05, 0.1) is 33.4 Å². The van der Waals surface area contributed by atoms with Gasteiger partial charge in [-0.25, -0.2) is 9.96 Å². The van der Waals surface area contributed by atoms with Crippen LogP contribution in [-0.2, 0) is 14.4 Å². The number of halogens is 1. The standard InChI is InChI=1S/C25H20BrN3O7/c1-2-35-19-13-14(12-18(26)22(19)30)21-20-23(36-28(21)16-6-4-3-5-7-16)25(32)27(24(20)31)15-8-10-17(11-9-15)29(33)34/h3-13,20-21,23,30H,2H2,1H3. The Hall–Kier alpha value is -3.96. The number of carbonyl (C=O) groups is 2. The van der Waals surface area contributed by atoms with Crippen LogP contribution in [0.2, 0.25) is 0 Å². The third-order valence-electron chi connectivity index (χ3n) is 6.14. The van der Waals surface area contributed by atoms with Crippen molar-refractivity contribution in [2.75, 3.05) is 16.6 Å². The second-order valence-electron chi connectivity index (χ2n) is 8.23. The Morgan fingerprint density at radius 3 is 2.39 bits per heavy atom. The minimum absolute atomic E-state index is 0.0799. The molecule has 10 nitrogen and oxygen atoms in total. The van der Waals surface area contributed by atoms with Crippen LogP contribution in [0, 0.1) is 16.0 Å². The molecule has 11 heteroatoms. The molecule has 2 saturated heterocycles. The number of anilines is 2. The molecule has 2 heterocycles. The molecule has 5 rings (SSSR count). The highest BCUT2D eigenvalue weighted by Crippen LogP contribution is 2.49. The van der Waals surface area contributed by atoms with Crippen molar-refractivity contribution in [2.45, 2.75) is 19.1 Å². The zero-order valence-electron chi connectivity index (χ0n) is 18.9. The first kappa shape index (κ1) is 23.8. The van der Waals surface area contributed by atoms with Crippen LogP contribution in [0.1, 0.15) is 18.5 Å². The number of fused-ring (bicyclic) bond motifs is 1. The number of amides is 2. The number of benzene rings is 3. The van der Waals surface area contributed by atoms with Crippen LogP contribution in [0.15, 0.2) is 71.2 Å². The van der Waals surface area contributed by atoms with E-state index < -0.39 is 34.8 Å². The Kier molecular flexibility index (Phi) is 6.10. The number of para-hydroxylation sites is 1. The van der Waals surface area contributed by atoms with Crippen LogP contribution >= 0.6 is 15.9 Å². The summed E-state index contributed by atoms with van der Waals surface area (Å²) in [6.45, 7) is 2.09. The molecule has 0 aromatic heterocycles. The fourth-order valence-corrected chi connectivity index (χ4v) is 5.02. The van der Waals surface area contributed by atoms with Crippen molar-refractivity contribution in [3.8, 4) is 11.5 Å². The Morgan fingerprint density at radius 1 is 1.06 bits per heavy atom. The van der Waals surface area contributed by atoms with E-state index in [-0.39, 0.29) is 22.9 Å². The van der Waals surface area contributed by atoms with Gasteiger partial charge in [0.1, 0.15) is 5.92 Å². The predicted octanol–water partition coefficient (Wildman–Crippen LogP) is 4.51. The smallest absolute Gasteiger partial charge is 0.269 e. The van der Waals surface area contributed by atoms with Gasteiger partial charge in [0, 0.05) is 12.1 Å². The molecule has 2 aliphatic heterocycles. The molecule has 0 spiro atoms. The number of rotatable bonds is 6. The van der Waals surface area contributed by atoms with Gasteiger partial charge < -0.3 is 9.84 Å². The van der Waals surface area contributed by atoms with Gasteiger partial charge in [-0.1, -0.05) is 18.2 Å². The molecule has 2 fully saturated rings. The van der Waals surface area contributed by atoms with E-state index in [1.54, 1.807) is 31.2 Å². The predicted molar refractivity (Wildman–Crippen MR) is 133 cm³/mol. The number of hydrogen-bond acceptors (Lipinski definition) is 8. The summed E-state index contributed by atoms with van der Waals surface area (Å²) in [5.41, 5.74) is 1.30. The number of hydrogen-bond donors (Lipinski definition) is 1. The van der Waals surface area contributed by atoms with Crippen LogP contribution in [0.3, 0.4) is 0 Å². The number of nitro benzene ring substituents is 1. The maximum atomic E-state index is 13.7. The largest absolute Gasteiger partial charge is 0.503 e. The average Bonchev–Trinajstić information content (AvgIpc) is 3.38. The first-order valence-corrected chi connectivity index (χ1v) is 11.9. The van der Waals surface area contributed by atoms with Gasteiger partial charge in [-0.3, -0.25) is 24.5 Å². The SMILES string of the molecule is CCOc1cc(C2C3C(=O)N(c4ccc([N+](=O)[O-])cc4)C(=O)C3ON2c2ccccc2)cc(Br)c1O. The summed E-state index contributed by atoms with van der Waals surface area (Å²) >= 11 is 3.35. The summed E-state index contributed by atoms with van der Waals surface area (Å²) in [6, 6.07) is 16.8. The van der Waals surface area contributed by atoms with Crippen LogP contribution in [0.4, 0.5) is 17.1 Å². The quantitative estimate of drug-likeness (QED) is 0.268. The molecule has 36 heavy (non-hydrogen) atoms. The maximum absolute atomic E-state index is 13.7. The van der Waals surface area contributed by atoms with Crippen molar-refractivity contribution in [3.05, 3.63) is 86.9 Å². The van der Waals surface area contributed by atoms with Crippen molar-refractivity contribution >= 4 is 44.8 Å². The Morgan fingerprint density at radius 2 is 1.75 bits per heavy atom. The molecule has 0 saturated carbocycles. The van der Waals surface area contributed by atoms with Crippen molar-refractivity contribution in [1.82, 2.24) is 0 Å². The average molecular weight is 554 g/mol. The van der Waals surface area contributed by atoms with Crippen molar-refractivity contribution in [2.24, 2.45) is 5.92 Å². The highest BCUT2D eigenvalue weighted by atomic mass is 79.9. The van der Waals surface area contributed by atoms with E-state index in [1.807, 2.05) is 18.2 Å². The third-order valence-corrected chi connectivity index (χ3v) is 6.74. The van der Waals surface area contributed by atoms with Gasteiger partial charge in [-0.15, -0.1) is 0 Å². The van der Waals surface area contributed by atoms with E-state index >= 15 is 0 Å². The molecule has 3 unspecified atom stereocenters. The normalized spacial score (nSPS) is 21.1. The van der Waals surface area contributed by atoms with Gasteiger partial charge in [0.25, 0.3) is 11.6 Å². The van der Waals surface area contributed by atoms with E-state index in [4.69, 9.17) is 9.57 Å². The van der Waals surface area contributed by atoms with E-state index in [0.717, 1.165) is 4.90 Å². The van der Waals surface area contributed by atoms with Crippen LogP contribution < -0.4 is 14.7 Å². The number of nitrogens with zero attached hydrogens (tertiary/aromatic N) is 3. The number of imide groups is 1.